The molecular weight excluding hydrogens is 200 g/mol. The van der Waals surface area contributed by atoms with Gasteiger partial charge in [-0.1, -0.05) is 44.2 Å². The number of aliphatic carboxylic acids is 1. The summed E-state index contributed by atoms with van der Waals surface area (Å²) in [5, 5.41) is 9.15. The molecule has 1 N–H and O–H groups in total. The summed E-state index contributed by atoms with van der Waals surface area (Å²) in [5.41, 5.74) is 0.368. The molecule has 1 aromatic carbocycles. The van der Waals surface area contributed by atoms with Gasteiger partial charge in [0.1, 0.15) is 0 Å². The van der Waals surface area contributed by atoms with E-state index in [-0.39, 0.29) is 5.41 Å². The van der Waals surface area contributed by atoms with Crippen molar-refractivity contribution in [3.05, 3.63) is 35.9 Å². The lowest BCUT2D eigenvalue weighted by atomic mass is 9.71. The molecule has 0 aliphatic rings. The van der Waals surface area contributed by atoms with E-state index in [0.29, 0.717) is 6.42 Å². The van der Waals surface area contributed by atoms with Crippen LogP contribution in [0.2, 0.25) is 0 Å². The van der Waals surface area contributed by atoms with Gasteiger partial charge in [-0.05, 0) is 31.2 Å². The van der Waals surface area contributed by atoms with Crippen molar-refractivity contribution < 1.29 is 9.90 Å². The highest BCUT2D eigenvalue weighted by atomic mass is 16.4. The third-order valence-corrected chi connectivity index (χ3v) is 3.02. The maximum absolute atomic E-state index is 11.1. The molecule has 2 heteroatoms. The molecule has 0 bridgehead atoms. The molecule has 0 heterocycles. The van der Waals surface area contributed by atoms with Crippen LogP contribution in [0.3, 0.4) is 0 Å². The lowest BCUT2D eigenvalue weighted by Gasteiger charge is -2.32. The smallest absolute Gasteiger partial charge is 0.309 e. The van der Waals surface area contributed by atoms with E-state index < -0.39 is 11.4 Å². The quantitative estimate of drug-likeness (QED) is 0.843. The summed E-state index contributed by atoms with van der Waals surface area (Å²) in [4.78, 5) is 11.1. The zero-order valence-corrected chi connectivity index (χ0v) is 10.4. The Labute approximate surface area is 97.3 Å². The second-order valence-electron chi connectivity index (χ2n) is 5.62. The maximum atomic E-state index is 11.1. The molecule has 0 aromatic heterocycles. The third-order valence-electron chi connectivity index (χ3n) is 3.02. The Morgan fingerprint density at radius 2 is 1.62 bits per heavy atom. The summed E-state index contributed by atoms with van der Waals surface area (Å²) in [6.45, 7) is 7.74. The Hall–Kier alpha value is -1.31. The minimum atomic E-state index is -0.739. The van der Waals surface area contributed by atoms with E-state index in [1.54, 1.807) is 13.8 Å². The Balaban J connectivity index is 2.92. The number of carbonyl (C=O) groups is 1. The first-order chi connectivity index (χ1) is 7.26. The number of carboxylic acids is 1. The Kier molecular flexibility index (Phi) is 3.41. The zero-order valence-electron chi connectivity index (χ0n) is 10.4. The van der Waals surface area contributed by atoms with Crippen LogP contribution >= 0.6 is 0 Å². The fourth-order valence-corrected chi connectivity index (χ4v) is 2.17. The van der Waals surface area contributed by atoms with E-state index in [4.69, 9.17) is 5.11 Å². The monoisotopic (exact) mass is 220 g/mol. The highest BCUT2D eigenvalue weighted by molar-refractivity contribution is 5.73. The minimum Gasteiger partial charge on any atom is -0.481 e. The van der Waals surface area contributed by atoms with Gasteiger partial charge >= 0.3 is 5.97 Å². The van der Waals surface area contributed by atoms with Crippen LogP contribution in [0.15, 0.2) is 30.3 Å². The van der Waals surface area contributed by atoms with Crippen molar-refractivity contribution in [2.24, 2.45) is 5.41 Å². The standard InChI is InChI=1S/C14H20O2/c1-13(2,10-14(3,4)12(15)16)11-8-6-5-7-9-11/h5-9H,10H2,1-4H3,(H,15,16). The molecule has 1 rings (SSSR count). The van der Waals surface area contributed by atoms with Crippen molar-refractivity contribution in [1.29, 1.82) is 0 Å². The topological polar surface area (TPSA) is 37.3 Å². The Morgan fingerprint density at radius 3 is 2.06 bits per heavy atom. The van der Waals surface area contributed by atoms with Crippen molar-refractivity contribution in [2.75, 3.05) is 0 Å². The second-order valence-corrected chi connectivity index (χ2v) is 5.62. The Bertz CT molecular complexity index is 364. The molecule has 0 atom stereocenters. The molecule has 16 heavy (non-hydrogen) atoms. The predicted octanol–water partition coefficient (Wildman–Crippen LogP) is 3.47. The van der Waals surface area contributed by atoms with Crippen molar-refractivity contribution in [1.82, 2.24) is 0 Å². The summed E-state index contributed by atoms with van der Waals surface area (Å²) < 4.78 is 0. The largest absolute Gasteiger partial charge is 0.481 e. The van der Waals surface area contributed by atoms with Gasteiger partial charge in [0.2, 0.25) is 0 Å². The van der Waals surface area contributed by atoms with Gasteiger partial charge in [-0.2, -0.15) is 0 Å². The van der Waals surface area contributed by atoms with Gasteiger partial charge in [0.05, 0.1) is 5.41 Å². The first-order valence-electron chi connectivity index (χ1n) is 5.55. The van der Waals surface area contributed by atoms with E-state index in [1.807, 2.05) is 18.2 Å². The molecule has 0 saturated carbocycles. The predicted molar refractivity (Wildman–Crippen MR) is 65.5 cm³/mol. The SMILES string of the molecule is CC(C)(CC(C)(C)c1ccccc1)C(=O)O. The average molecular weight is 220 g/mol. The highest BCUT2D eigenvalue weighted by Gasteiger charge is 2.35. The number of hydrogen-bond acceptors (Lipinski definition) is 1. The van der Waals surface area contributed by atoms with Crippen LogP contribution in [0.1, 0.15) is 39.7 Å². The molecule has 0 radical (unpaired) electrons. The van der Waals surface area contributed by atoms with Crippen LogP contribution in [0, 0.1) is 5.41 Å². The lowest BCUT2D eigenvalue weighted by molar-refractivity contribution is -0.148. The second kappa shape index (κ2) is 4.28. The molecule has 0 spiro atoms. The van der Waals surface area contributed by atoms with E-state index in [9.17, 15) is 4.79 Å². The van der Waals surface area contributed by atoms with Gasteiger partial charge < -0.3 is 5.11 Å². The first-order valence-corrected chi connectivity index (χ1v) is 5.55. The van der Waals surface area contributed by atoms with Crippen LogP contribution in [0.25, 0.3) is 0 Å². The molecule has 2 nitrogen and oxygen atoms in total. The molecule has 88 valence electrons. The van der Waals surface area contributed by atoms with Crippen LogP contribution in [-0.2, 0) is 10.2 Å². The first kappa shape index (κ1) is 12.8. The summed E-state index contributed by atoms with van der Waals surface area (Å²) in [6.07, 6.45) is 0.624. The lowest BCUT2D eigenvalue weighted by Crippen LogP contribution is -2.32. The molecule has 0 aliphatic heterocycles. The van der Waals surface area contributed by atoms with Crippen LogP contribution in [0.5, 0.6) is 0 Å². The highest BCUT2D eigenvalue weighted by Crippen LogP contribution is 2.36. The zero-order chi connectivity index (χ0) is 12.4. The summed E-state index contributed by atoms with van der Waals surface area (Å²) in [5.74, 6) is -0.739. The van der Waals surface area contributed by atoms with E-state index in [0.717, 1.165) is 0 Å². The van der Waals surface area contributed by atoms with E-state index >= 15 is 0 Å². The van der Waals surface area contributed by atoms with Crippen molar-refractivity contribution >= 4 is 5.97 Å². The van der Waals surface area contributed by atoms with Crippen molar-refractivity contribution in [3.8, 4) is 0 Å². The van der Waals surface area contributed by atoms with Gasteiger partial charge in [-0.3, -0.25) is 4.79 Å². The fourth-order valence-electron chi connectivity index (χ4n) is 2.17. The van der Waals surface area contributed by atoms with Gasteiger partial charge in [0.25, 0.3) is 0 Å². The summed E-state index contributed by atoms with van der Waals surface area (Å²) >= 11 is 0. The molecular formula is C14H20O2. The van der Waals surface area contributed by atoms with Gasteiger partial charge in [0, 0.05) is 0 Å². The fraction of sp³-hybridized carbons (Fsp3) is 0.500. The van der Waals surface area contributed by atoms with Crippen molar-refractivity contribution in [2.45, 2.75) is 39.5 Å². The number of rotatable bonds is 4. The normalized spacial score (nSPS) is 12.5. The van der Waals surface area contributed by atoms with Gasteiger partial charge in [-0.15, -0.1) is 0 Å². The number of benzene rings is 1. The molecule has 0 aliphatic carbocycles. The van der Waals surface area contributed by atoms with Gasteiger partial charge in [-0.25, -0.2) is 0 Å². The number of carboxylic acid groups (broad SMARTS) is 1. The molecule has 0 fully saturated rings. The minimum absolute atomic E-state index is 0.122. The molecule has 0 unspecified atom stereocenters. The van der Waals surface area contributed by atoms with Crippen LogP contribution in [-0.4, -0.2) is 11.1 Å². The third kappa shape index (κ3) is 2.84. The summed E-state index contributed by atoms with van der Waals surface area (Å²) in [7, 11) is 0. The molecule has 0 saturated heterocycles. The van der Waals surface area contributed by atoms with Crippen LogP contribution < -0.4 is 0 Å². The average Bonchev–Trinajstić information content (AvgIpc) is 2.17. The maximum Gasteiger partial charge on any atom is 0.309 e. The van der Waals surface area contributed by atoms with Gasteiger partial charge in [0.15, 0.2) is 0 Å². The van der Waals surface area contributed by atoms with E-state index in [1.165, 1.54) is 5.56 Å². The van der Waals surface area contributed by atoms with Crippen molar-refractivity contribution in [3.63, 3.8) is 0 Å². The molecule has 0 amide bonds. The van der Waals surface area contributed by atoms with E-state index in [2.05, 4.69) is 26.0 Å². The molecule has 1 aromatic rings. The number of hydrogen-bond donors (Lipinski definition) is 1. The Morgan fingerprint density at radius 1 is 1.12 bits per heavy atom. The summed E-state index contributed by atoms with van der Waals surface area (Å²) in [6, 6.07) is 10.1. The van der Waals surface area contributed by atoms with Crippen LogP contribution in [0.4, 0.5) is 0 Å².